The molecule has 1 aromatic rings. The molecule has 0 spiro atoms. The zero-order valence-corrected chi connectivity index (χ0v) is 16.8. The molecule has 0 saturated carbocycles. The minimum Gasteiger partial charge on any atom is -0.324 e. The highest BCUT2D eigenvalue weighted by Gasteiger charge is 2.34. The second kappa shape index (κ2) is 10.2. The van der Waals surface area contributed by atoms with Crippen molar-refractivity contribution in [2.45, 2.75) is 32.2 Å². The number of hydrogen-bond donors (Lipinski definition) is 2. The van der Waals surface area contributed by atoms with Gasteiger partial charge in [-0.25, -0.2) is 5.06 Å². The first-order valence-electron chi connectivity index (χ1n) is 8.90. The minimum absolute atomic E-state index is 0.0834. The largest absolute Gasteiger partial charge is 0.324 e. The summed E-state index contributed by atoms with van der Waals surface area (Å²) in [5.41, 5.74) is 0.640. The van der Waals surface area contributed by atoms with Crippen LogP contribution in [0.4, 0.5) is 5.69 Å². The molecule has 1 heterocycles. The summed E-state index contributed by atoms with van der Waals surface area (Å²) >= 11 is 3.34. The van der Waals surface area contributed by atoms with Crippen molar-refractivity contribution in [2.75, 3.05) is 18.4 Å². The van der Waals surface area contributed by atoms with Gasteiger partial charge < -0.3 is 10.2 Å². The van der Waals surface area contributed by atoms with Gasteiger partial charge in [-0.2, -0.15) is 0 Å². The molecular formula is C19H24BrN3O4. The van der Waals surface area contributed by atoms with E-state index in [1.165, 1.54) is 4.90 Å². The monoisotopic (exact) mass is 437 g/mol. The third-order valence-corrected chi connectivity index (χ3v) is 4.93. The maximum Gasteiger partial charge on any atom is 0.251 e. The van der Waals surface area contributed by atoms with Gasteiger partial charge in [-0.05, 0) is 30.7 Å². The van der Waals surface area contributed by atoms with Gasteiger partial charge in [0.05, 0.1) is 12.5 Å². The second-order valence-corrected chi connectivity index (χ2v) is 7.34. The lowest BCUT2D eigenvalue weighted by atomic mass is 9.99. The third kappa shape index (κ3) is 5.90. The molecule has 2 rings (SSSR count). The highest BCUT2D eigenvalue weighted by atomic mass is 79.9. The lowest BCUT2D eigenvalue weighted by molar-refractivity contribution is -0.157. The van der Waals surface area contributed by atoms with Crippen molar-refractivity contribution in [3.05, 3.63) is 40.9 Å². The Morgan fingerprint density at radius 1 is 1.41 bits per heavy atom. The van der Waals surface area contributed by atoms with Gasteiger partial charge in [-0.3, -0.25) is 19.6 Å². The Kier molecular flexibility index (Phi) is 7.99. The van der Waals surface area contributed by atoms with Crippen LogP contribution in [0.25, 0.3) is 0 Å². The van der Waals surface area contributed by atoms with Crippen LogP contribution in [-0.2, 0) is 14.4 Å². The van der Waals surface area contributed by atoms with E-state index >= 15 is 0 Å². The summed E-state index contributed by atoms with van der Waals surface area (Å²) < 4.78 is 0.903. The average molecular weight is 438 g/mol. The summed E-state index contributed by atoms with van der Waals surface area (Å²) in [7, 11) is 0. The molecule has 0 unspecified atom stereocenters. The Balaban J connectivity index is 2.07. The summed E-state index contributed by atoms with van der Waals surface area (Å²) in [6, 6.07) is 6.46. The van der Waals surface area contributed by atoms with E-state index in [1.807, 2.05) is 19.1 Å². The van der Waals surface area contributed by atoms with Gasteiger partial charge in [-0.15, -0.1) is 0 Å². The first kappa shape index (κ1) is 21.1. The van der Waals surface area contributed by atoms with Crippen LogP contribution < -0.4 is 5.32 Å². The summed E-state index contributed by atoms with van der Waals surface area (Å²) in [5, 5.41) is 12.8. The Hall–Kier alpha value is -2.19. The van der Waals surface area contributed by atoms with Gasteiger partial charge in [0, 0.05) is 16.7 Å². The van der Waals surface area contributed by atoms with Crippen LogP contribution >= 0.6 is 15.9 Å². The number of benzene rings is 1. The van der Waals surface area contributed by atoms with Crippen LogP contribution in [0.15, 0.2) is 40.9 Å². The summed E-state index contributed by atoms with van der Waals surface area (Å²) in [5.74, 6) is -1.10. The van der Waals surface area contributed by atoms with E-state index in [2.05, 4.69) is 21.2 Å². The molecule has 2 atom stereocenters. The maximum atomic E-state index is 13.0. The van der Waals surface area contributed by atoms with E-state index in [4.69, 9.17) is 0 Å². The zero-order valence-electron chi connectivity index (χ0n) is 15.2. The molecule has 27 heavy (non-hydrogen) atoms. The molecule has 146 valence electrons. The molecule has 0 bridgehead atoms. The van der Waals surface area contributed by atoms with Crippen LogP contribution in [-0.4, -0.2) is 52.5 Å². The fourth-order valence-electron chi connectivity index (χ4n) is 2.97. The first-order chi connectivity index (χ1) is 13.0. The zero-order chi connectivity index (χ0) is 19.8. The molecule has 0 saturated heterocycles. The van der Waals surface area contributed by atoms with Crippen molar-refractivity contribution in [3.63, 3.8) is 0 Å². The molecule has 1 aromatic carbocycles. The molecule has 8 heteroatoms. The topological polar surface area (TPSA) is 90.0 Å². The van der Waals surface area contributed by atoms with Crippen molar-refractivity contribution < 1.29 is 19.6 Å². The number of anilines is 1. The van der Waals surface area contributed by atoms with Gasteiger partial charge in [0.15, 0.2) is 0 Å². The Bertz CT molecular complexity index is 693. The molecule has 1 aliphatic heterocycles. The van der Waals surface area contributed by atoms with E-state index in [0.717, 1.165) is 17.3 Å². The van der Waals surface area contributed by atoms with E-state index in [1.54, 1.807) is 24.3 Å². The number of rotatable bonds is 9. The average Bonchev–Trinajstić information content (AvgIpc) is 3.16. The lowest BCUT2D eigenvalue weighted by Gasteiger charge is -2.29. The SMILES string of the molecule is CCCC[C@H](CN(O)C=O)C(=O)N1CC=C[C@H]1C(=O)Nc1ccc(Br)cc1. The lowest BCUT2D eigenvalue weighted by Crippen LogP contribution is -2.47. The maximum absolute atomic E-state index is 13.0. The number of halogens is 1. The highest BCUT2D eigenvalue weighted by molar-refractivity contribution is 9.10. The van der Waals surface area contributed by atoms with E-state index in [-0.39, 0.29) is 24.8 Å². The van der Waals surface area contributed by atoms with Crippen LogP contribution in [0, 0.1) is 5.92 Å². The molecular weight excluding hydrogens is 414 g/mol. The normalized spacial score (nSPS) is 16.9. The van der Waals surface area contributed by atoms with E-state index < -0.39 is 12.0 Å². The fraction of sp³-hybridized carbons (Fsp3) is 0.421. The van der Waals surface area contributed by atoms with Crippen LogP contribution in [0.2, 0.25) is 0 Å². The number of carbonyl (C=O) groups excluding carboxylic acids is 3. The number of carbonyl (C=O) groups is 3. The van der Waals surface area contributed by atoms with Crippen LogP contribution in [0.5, 0.6) is 0 Å². The van der Waals surface area contributed by atoms with Crippen molar-refractivity contribution in [1.29, 1.82) is 0 Å². The standard InChI is InChI=1S/C19H24BrN3O4/c1-2-3-5-14(12-22(27)13-24)19(26)23-11-4-6-17(23)18(25)21-16-9-7-15(20)8-10-16/h4,6-10,13-14,17,27H,2-3,5,11-12H2,1H3,(H,21,25)/t14-,17+/m1/s1. The third-order valence-electron chi connectivity index (χ3n) is 4.40. The number of amides is 3. The second-order valence-electron chi connectivity index (χ2n) is 6.43. The molecule has 2 N–H and O–H groups in total. The predicted molar refractivity (Wildman–Crippen MR) is 105 cm³/mol. The molecule has 7 nitrogen and oxygen atoms in total. The number of nitrogens with one attached hydrogen (secondary N) is 1. The molecule has 0 aliphatic carbocycles. The van der Waals surface area contributed by atoms with Crippen LogP contribution in [0.3, 0.4) is 0 Å². The van der Waals surface area contributed by atoms with Crippen LogP contribution in [0.1, 0.15) is 26.2 Å². The van der Waals surface area contributed by atoms with Gasteiger partial charge in [0.25, 0.3) is 5.91 Å². The van der Waals surface area contributed by atoms with Crippen molar-refractivity contribution in [3.8, 4) is 0 Å². The number of unbranched alkanes of at least 4 members (excludes halogenated alkanes) is 1. The Labute approximate surface area is 167 Å². The number of nitrogens with zero attached hydrogens (tertiary/aromatic N) is 2. The summed E-state index contributed by atoms with van der Waals surface area (Å²) in [4.78, 5) is 37.8. The quantitative estimate of drug-likeness (QED) is 0.269. The number of hydrogen-bond acceptors (Lipinski definition) is 4. The molecule has 1 aliphatic rings. The smallest absolute Gasteiger partial charge is 0.251 e. The van der Waals surface area contributed by atoms with Gasteiger partial charge >= 0.3 is 0 Å². The molecule has 0 aromatic heterocycles. The van der Waals surface area contributed by atoms with E-state index in [0.29, 0.717) is 23.7 Å². The molecule has 0 fully saturated rings. The molecule has 0 radical (unpaired) electrons. The van der Waals surface area contributed by atoms with E-state index in [9.17, 15) is 19.6 Å². The van der Waals surface area contributed by atoms with Crippen molar-refractivity contribution in [2.24, 2.45) is 5.92 Å². The number of hydroxylamine groups is 2. The van der Waals surface area contributed by atoms with Gasteiger partial charge in [-0.1, -0.05) is 47.8 Å². The predicted octanol–water partition coefficient (Wildman–Crippen LogP) is 2.81. The molecule has 3 amide bonds. The van der Waals surface area contributed by atoms with Crippen molar-refractivity contribution in [1.82, 2.24) is 9.96 Å². The van der Waals surface area contributed by atoms with Gasteiger partial charge in [0.1, 0.15) is 6.04 Å². The highest BCUT2D eigenvalue weighted by Crippen LogP contribution is 2.21. The Morgan fingerprint density at radius 2 is 2.11 bits per heavy atom. The summed E-state index contributed by atoms with van der Waals surface area (Å²) in [6.07, 6.45) is 5.97. The summed E-state index contributed by atoms with van der Waals surface area (Å²) in [6.45, 7) is 2.25. The minimum atomic E-state index is -0.714. The first-order valence-corrected chi connectivity index (χ1v) is 9.70. The van der Waals surface area contributed by atoms with Crippen molar-refractivity contribution >= 4 is 39.8 Å². The fourth-order valence-corrected chi connectivity index (χ4v) is 3.24. The van der Waals surface area contributed by atoms with Gasteiger partial charge in [0.2, 0.25) is 12.3 Å². The Morgan fingerprint density at radius 3 is 2.74 bits per heavy atom.